The third-order valence-electron chi connectivity index (χ3n) is 1.32. The van der Waals surface area contributed by atoms with Gasteiger partial charge in [-0.3, -0.25) is 0 Å². The molecule has 0 spiro atoms. The molecule has 1 unspecified atom stereocenters. The van der Waals surface area contributed by atoms with E-state index in [4.69, 9.17) is 4.74 Å². The first-order valence-electron chi connectivity index (χ1n) is 3.21. The highest BCUT2D eigenvalue weighted by molar-refractivity contribution is 4.82. The van der Waals surface area contributed by atoms with Crippen LogP contribution in [0, 0.1) is 13.5 Å². The van der Waals surface area contributed by atoms with Crippen molar-refractivity contribution >= 4 is 0 Å². The summed E-state index contributed by atoms with van der Waals surface area (Å²) >= 11 is 0. The Kier molecular flexibility index (Phi) is 2.34. The van der Waals surface area contributed by atoms with Crippen LogP contribution in [-0.4, -0.2) is 6.10 Å². The summed E-state index contributed by atoms with van der Waals surface area (Å²) in [6.07, 6.45) is 5.28. The van der Waals surface area contributed by atoms with E-state index in [2.05, 4.69) is 6.92 Å². The van der Waals surface area contributed by atoms with Crippen LogP contribution in [0.1, 0.15) is 25.7 Å². The van der Waals surface area contributed by atoms with Crippen molar-refractivity contribution in [3.05, 3.63) is 13.5 Å². The summed E-state index contributed by atoms with van der Waals surface area (Å²) in [6.45, 7) is 5.64. The number of rotatable bonds is 4. The third kappa shape index (κ3) is 2.31. The van der Waals surface area contributed by atoms with Crippen molar-refractivity contribution in [1.82, 2.24) is 0 Å². The molecule has 1 fully saturated rings. The van der Waals surface area contributed by atoms with Gasteiger partial charge in [0.05, 0.1) is 6.10 Å². The highest BCUT2D eigenvalue weighted by Crippen LogP contribution is 2.21. The maximum atomic E-state index is 4.91. The fourth-order valence-corrected chi connectivity index (χ4v) is 0.714. The van der Waals surface area contributed by atoms with E-state index >= 15 is 0 Å². The zero-order valence-corrected chi connectivity index (χ0v) is 5.10. The van der Waals surface area contributed by atoms with E-state index in [9.17, 15) is 0 Å². The minimum Gasteiger partial charge on any atom is -0.367 e. The molecule has 1 atom stereocenters. The van der Waals surface area contributed by atoms with Crippen LogP contribution in [0.15, 0.2) is 0 Å². The van der Waals surface area contributed by atoms with Gasteiger partial charge >= 0.3 is 0 Å². The summed E-state index contributed by atoms with van der Waals surface area (Å²) in [7, 11) is 0. The van der Waals surface area contributed by atoms with E-state index in [0.717, 1.165) is 6.42 Å². The van der Waals surface area contributed by atoms with Gasteiger partial charge in [0.15, 0.2) is 0 Å². The maximum absolute atomic E-state index is 4.91. The molecule has 1 heterocycles. The van der Waals surface area contributed by atoms with Gasteiger partial charge in [0.2, 0.25) is 0 Å². The first-order valence-corrected chi connectivity index (χ1v) is 3.21. The number of epoxide rings is 1. The summed E-state index contributed by atoms with van der Waals surface area (Å²) < 4.78 is 4.91. The molecule has 8 heavy (non-hydrogen) atoms. The minimum atomic E-state index is 0.501. The van der Waals surface area contributed by atoms with E-state index in [1.54, 1.807) is 0 Å². The molecule has 2 radical (unpaired) electrons. The highest BCUT2D eigenvalue weighted by atomic mass is 16.6. The third-order valence-corrected chi connectivity index (χ3v) is 1.32. The quantitative estimate of drug-likeness (QED) is 0.400. The standard InChI is InChI=1S/C7H12O/c1-2-3-4-5-7-6-8-7/h6-7H,1-5H2. The van der Waals surface area contributed by atoms with Crippen molar-refractivity contribution in [3.8, 4) is 0 Å². The fraction of sp³-hybridized carbons (Fsp3) is 0.714. The van der Waals surface area contributed by atoms with Crippen molar-refractivity contribution < 1.29 is 4.74 Å². The molecule has 1 heteroatoms. The zero-order chi connectivity index (χ0) is 5.82. The molecule has 46 valence electrons. The zero-order valence-electron chi connectivity index (χ0n) is 5.10. The maximum Gasteiger partial charge on any atom is 0.113 e. The summed E-state index contributed by atoms with van der Waals surface area (Å²) in [5.74, 6) is 0. The second-order valence-electron chi connectivity index (χ2n) is 2.16. The van der Waals surface area contributed by atoms with Crippen LogP contribution in [0.5, 0.6) is 0 Å². The summed E-state index contributed by atoms with van der Waals surface area (Å²) in [6, 6.07) is 0. The van der Waals surface area contributed by atoms with Crippen molar-refractivity contribution in [2.45, 2.75) is 31.8 Å². The van der Waals surface area contributed by atoms with Crippen LogP contribution in [0.3, 0.4) is 0 Å². The van der Waals surface area contributed by atoms with Gasteiger partial charge in [0, 0.05) is 0 Å². The van der Waals surface area contributed by atoms with Crippen molar-refractivity contribution in [2.24, 2.45) is 0 Å². The molecule has 0 aromatic heterocycles. The Morgan fingerprint density at radius 3 is 2.75 bits per heavy atom. The molecular formula is C7H12O. The van der Waals surface area contributed by atoms with Crippen LogP contribution < -0.4 is 0 Å². The average Bonchev–Trinajstić information content (AvgIpc) is 2.51. The lowest BCUT2D eigenvalue weighted by molar-refractivity contribution is 0.402. The van der Waals surface area contributed by atoms with E-state index in [1.165, 1.54) is 19.3 Å². The molecule has 0 saturated carbocycles. The first-order chi connectivity index (χ1) is 3.93. The predicted octanol–water partition coefficient (Wildman–Crippen LogP) is 1.94. The summed E-state index contributed by atoms with van der Waals surface area (Å²) in [4.78, 5) is 0. The van der Waals surface area contributed by atoms with E-state index in [-0.39, 0.29) is 0 Å². The van der Waals surface area contributed by atoms with E-state index in [1.807, 2.05) is 6.61 Å². The predicted molar refractivity (Wildman–Crippen MR) is 33.0 cm³/mol. The Hall–Kier alpha value is -0.0400. The van der Waals surface area contributed by atoms with Gasteiger partial charge in [-0.05, 0) is 6.42 Å². The molecular weight excluding hydrogens is 100 g/mol. The Morgan fingerprint density at radius 2 is 2.25 bits per heavy atom. The SMILES string of the molecule is [CH2]CCCCC1[CH]O1. The number of hydrogen-bond donors (Lipinski definition) is 0. The molecule has 0 N–H and O–H groups in total. The highest BCUT2D eigenvalue weighted by Gasteiger charge is 2.21. The Morgan fingerprint density at radius 1 is 1.50 bits per heavy atom. The average molecular weight is 112 g/mol. The van der Waals surface area contributed by atoms with Gasteiger partial charge in [-0.1, -0.05) is 26.2 Å². The lowest BCUT2D eigenvalue weighted by Crippen LogP contribution is -1.82. The van der Waals surface area contributed by atoms with Gasteiger partial charge < -0.3 is 4.74 Å². The van der Waals surface area contributed by atoms with Crippen molar-refractivity contribution in [1.29, 1.82) is 0 Å². The molecule has 0 aliphatic carbocycles. The second kappa shape index (κ2) is 3.08. The van der Waals surface area contributed by atoms with Gasteiger partial charge in [0.25, 0.3) is 0 Å². The topological polar surface area (TPSA) is 12.5 Å². The van der Waals surface area contributed by atoms with Crippen molar-refractivity contribution in [2.75, 3.05) is 0 Å². The molecule has 1 rings (SSSR count). The van der Waals surface area contributed by atoms with Gasteiger partial charge in [-0.2, -0.15) is 0 Å². The summed E-state index contributed by atoms with van der Waals surface area (Å²) in [5, 5.41) is 0. The number of unbranched alkanes of at least 4 members (excludes halogenated alkanes) is 2. The first kappa shape index (κ1) is 6.09. The Balaban J connectivity index is 1.74. The largest absolute Gasteiger partial charge is 0.367 e. The molecule has 0 aromatic carbocycles. The van der Waals surface area contributed by atoms with Crippen LogP contribution in [0.4, 0.5) is 0 Å². The minimum absolute atomic E-state index is 0.501. The van der Waals surface area contributed by atoms with Crippen molar-refractivity contribution in [3.63, 3.8) is 0 Å². The van der Waals surface area contributed by atoms with Gasteiger partial charge in [-0.15, -0.1) is 0 Å². The fourth-order valence-electron chi connectivity index (χ4n) is 0.714. The number of ether oxygens (including phenoxy) is 1. The molecule has 1 nitrogen and oxygen atoms in total. The van der Waals surface area contributed by atoms with Crippen LogP contribution in [-0.2, 0) is 4.74 Å². The Labute approximate surface area is 51.0 Å². The lowest BCUT2D eigenvalue weighted by Gasteiger charge is -1.90. The molecule has 1 aliphatic heterocycles. The molecule has 0 aromatic rings. The summed E-state index contributed by atoms with van der Waals surface area (Å²) in [5.41, 5.74) is 0. The van der Waals surface area contributed by atoms with Crippen LogP contribution in [0.2, 0.25) is 0 Å². The van der Waals surface area contributed by atoms with Gasteiger partial charge in [-0.25, -0.2) is 0 Å². The Bertz CT molecular complexity index is 57.4. The van der Waals surface area contributed by atoms with Crippen LogP contribution >= 0.6 is 0 Å². The smallest absolute Gasteiger partial charge is 0.113 e. The molecule has 0 amide bonds. The van der Waals surface area contributed by atoms with Crippen LogP contribution in [0.25, 0.3) is 0 Å². The second-order valence-corrected chi connectivity index (χ2v) is 2.16. The van der Waals surface area contributed by atoms with E-state index < -0.39 is 0 Å². The monoisotopic (exact) mass is 112 g/mol. The molecule has 1 aliphatic rings. The van der Waals surface area contributed by atoms with E-state index in [0.29, 0.717) is 6.10 Å². The van der Waals surface area contributed by atoms with Gasteiger partial charge in [0.1, 0.15) is 6.61 Å². The lowest BCUT2D eigenvalue weighted by atomic mass is 10.2. The molecule has 1 saturated heterocycles. The molecule has 0 bridgehead atoms. The number of hydrogen-bond acceptors (Lipinski definition) is 1. The normalized spacial score (nSPS) is 25.9.